The number of hydrogen-bond acceptors (Lipinski definition) is 4. The number of ether oxygens (including phenoxy) is 1. The molecule has 1 aliphatic carbocycles. The van der Waals surface area contributed by atoms with E-state index in [0.29, 0.717) is 12.1 Å². The Bertz CT molecular complexity index is 254. The largest absolute Gasteiger partial charge is 0.394 e. The number of aliphatic hydroxyl groups is 1. The van der Waals surface area contributed by atoms with Crippen LogP contribution in [0.4, 0.5) is 0 Å². The van der Waals surface area contributed by atoms with Gasteiger partial charge in [0, 0.05) is 31.8 Å². The Morgan fingerprint density at radius 2 is 2.06 bits per heavy atom. The van der Waals surface area contributed by atoms with Crippen molar-refractivity contribution in [2.24, 2.45) is 0 Å². The molecular formula is C14H28N2O2. The van der Waals surface area contributed by atoms with E-state index in [1.54, 1.807) is 0 Å². The monoisotopic (exact) mass is 256 g/mol. The summed E-state index contributed by atoms with van der Waals surface area (Å²) in [5.41, 5.74) is -0.0163. The fraction of sp³-hybridized carbons (Fsp3) is 1.00. The molecule has 0 bridgehead atoms. The van der Waals surface area contributed by atoms with E-state index in [-0.39, 0.29) is 12.1 Å². The van der Waals surface area contributed by atoms with E-state index >= 15 is 0 Å². The standard InChI is InChI=1S/C14H28N2O2/c1-3-15-14(11-17)7-4-12(10-14)16-8-5-13(18-2)6-9-16/h12-13,15,17H,3-11H2,1-2H3. The van der Waals surface area contributed by atoms with Crippen LogP contribution in [0.1, 0.15) is 39.0 Å². The maximum Gasteiger partial charge on any atom is 0.0613 e. The van der Waals surface area contributed by atoms with Crippen molar-refractivity contribution in [1.82, 2.24) is 10.2 Å². The van der Waals surface area contributed by atoms with Gasteiger partial charge in [-0.3, -0.25) is 0 Å². The van der Waals surface area contributed by atoms with Crippen molar-refractivity contribution in [2.45, 2.75) is 56.7 Å². The van der Waals surface area contributed by atoms with Gasteiger partial charge in [0.25, 0.3) is 0 Å². The summed E-state index contributed by atoms with van der Waals surface area (Å²) in [5.74, 6) is 0. The summed E-state index contributed by atoms with van der Waals surface area (Å²) >= 11 is 0. The van der Waals surface area contributed by atoms with E-state index in [9.17, 15) is 5.11 Å². The van der Waals surface area contributed by atoms with Gasteiger partial charge in [0.15, 0.2) is 0 Å². The molecule has 4 heteroatoms. The van der Waals surface area contributed by atoms with Crippen LogP contribution in [0.3, 0.4) is 0 Å². The van der Waals surface area contributed by atoms with Crippen molar-refractivity contribution in [2.75, 3.05) is 33.4 Å². The number of methoxy groups -OCH3 is 1. The number of likely N-dealkylation sites (N-methyl/N-ethyl adjacent to an activating group) is 1. The van der Waals surface area contributed by atoms with Crippen LogP contribution >= 0.6 is 0 Å². The summed E-state index contributed by atoms with van der Waals surface area (Å²) in [6, 6.07) is 0.647. The van der Waals surface area contributed by atoms with E-state index < -0.39 is 0 Å². The molecule has 2 atom stereocenters. The Hall–Kier alpha value is -0.160. The Balaban J connectivity index is 1.85. The molecule has 2 aliphatic rings. The molecule has 1 heterocycles. The average molecular weight is 256 g/mol. The highest BCUT2D eigenvalue weighted by molar-refractivity contribution is 4.99. The van der Waals surface area contributed by atoms with Crippen molar-refractivity contribution >= 4 is 0 Å². The first-order valence-electron chi connectivity index (χ1n) is 7.36. The lowest BCUT2D eigenvalue weighted by molar-refractivity contribution is 0.0259. The summed E-state index contributed by atoms with van der Waals surface area (Å²) in [7, 11) is 1.82. The second-order valence-corrected chi connectivity index (χ2v) is 5.84. The second-order valence-electron chi connectivity index (χ2n) is 5.84. The highest BCUT2D eigenvalue weighted by atomic mass is 16.5. The lowest BCUT2D eigenvalue weighted by Gasteiger charge is -2.36. The fourth-order valence-electron chi connectivity index (χ4n) is 3.62. The van der Waals surface area contributed by atoms with Crippen molar-refractivity contribution in [3.8, 4) is 0 Å². The molecule has 0 spiro atoms. The maximum absolute atomic E-state index is 9.64. The molecule has 2 rings (SSSR count). The Morgan fingerprint density at radius 1 is 1.33 bits per heavy atom. The first kappa shape index (κ1) is 14.3. The summed E-state index contributed by atoms with van der Waals surface area (Å²) in [4.78, 5) is 2.60. The third-order valence-corrected chi connectivity index (χ3v) is 4.76. The molecule has 18 heavy (non-hydrogen) atoms. The SMILES string of the molecule is CCNC1(CO)CCC(N2CCC(OC)CC2)C1. The zero-order valence-electron chi connectivity index (χ0n) is 11.8. The van der Waals surface area contributed by atoms with Crippen molar-refractivity contribution in [3.63, 3.8) is 0 Å². The molecule has 0 aromatic rings. The zero-order valence-corrected chi connectivity index (χ0v) is 11.8. The predicted molar refractivity (Wildman–Crippen MR) is 72.7 cm³/mol. The third-order valence-electron chi connectivity index (χ3n) is 4.76. The number of aliphatic hydroxyl groups excluding tert-OH is 1. The predicted octanol–water partition coefficient (Wildman–Crippen LogP) is 0.990. The Morgan fingerprint density at radius 3 is 2.61 bits per heavy atom. The molecule has 0 aromatic heterocycles. The summed E-state index contributed by atoms with van der Waals surface area (Å²) < 4.78 is 5.42. The van der Waals surface area contributed by atoms with Crippen LogP contribution in [0, 0.1) is 0 Å². The lowest BCUT2D eigenvalue weighted by atomic mass is 9.97. The number of piperidine rings is 1. The van der Waals surface area contributed by atoms with Crippen LogP contribution in [0.15, 0.2) is 0 Å². The zero-order chi connectivity index (χ0) is 13.0. The Kier molecular flexibility index (Phi) is 5.01. The molecule has 1 aliphatic heterocycles. The first-order valence-corrected chi connectivity index (χ1v) is 7.36. The van der Waals surface area contributed by atoms with Gasteiger partial charge < -0.3 is 20.1 Å². The van der Waals surface area contributed by atoms with E-state index in [2.05, 4.69) is 17.1 Å². The number of nitrogens with zero attached hydrogens (tertiary/aromatic N) is 1. The van der Waals surface area contributed by atoms with Crippen LogP contribution in [0.2, 0.25) is 0 Å². The van der Waals surface area contributed by atoms with Gasteiger partial charge in [0.2, 0.25) is 0 Å². The van der Waals surface area contributed by atoms with Crippen molar-refractivity contribution in [1.29, 1.82) is 0 Å². The number of nitrogens with one attached hydrogen (secondary N) is 1. The van der Waals surface area contributed by atoms with Crippen LogP contribution < -0.4 is 5.32 Å². The van der Waals surface area contributed by atoms with Crippen LogP contribution in [-0.4, -0.2) is 61.0 Å². The topological polar surface area (TPSA) is 44.7 Å². The molecule has 2 fully saturated rings. The summed E-state index contributed by atoms with van der Waals surface area (Å²) in [6.45, 7) is 5.63. The molecule has 106 valence electrons. The van der Waals surface area contributed by atoms with Gasteiger partial charge in [-0.1, -0.05) is 6.92 Å². The van der Waals surface area contributed by atoms with Gasteiger partial charge in [-0.25, -0.2) is 0 Å². The highest BCUT2D eigenvalue weighted by Gasteiger charge is 2.40. The van der Waals surface area contributed by atoms with Crippen molar-refractivity contribution in [3.05, 3.63) is 0 Å². The maximum atomic E-state index is 9.64. The molecule has 1 saturated heterocycles. The summed E-state index contributed by atoms with van der Waals surface area (Å²) in [5, 5.41) is 13.1. The Labute approximate surface area is 111 Å². The van der Waals surface area contributed by atoms with Crippen LogP contribution in [0.5, 0.6) is 0 Å². The van der Waals surface area contributed by atoms with Gasteiger partial charge in [-0.05, 0) is 38.6 Å². The molecule has 0 radical (unpaired) electrons. The number of rotatable bonds is 5. The molecule has 0 aromatic carbocycles. The molecule has 0 amide bonds. The number of likely N-dealkylation sites (tertiary alicyclic amines) is 1. The van der Waals surface area contributed by atoms with Crippen LogP contribution in [-0.2, 0) is 4.74 Å². The molecular weight excluding hydrogens is 228 g/mol. The molecule has 1 saturated carbocycles. The average Bonchev–Trinajstić information content (AvgIpc) is 2.84. The molecule has 2 unspecified atom stereocenters. The first-order chi connectivity index (χ1) is 8.73. The quantitative estimate of drug-likeness (QED) is 0.770. The van der Waals surface area contributed by atoms with E-state index in [1.165, 1.54) is 6.42 Å². The smallest absolute Gasteiger partial charge is 0.0613 e. The van der Waals surface area contributed by atoms with Gasteiger partial charge >= 0.3 is 0 Å². The minimum Gasteiger partial charge on any atom is -0.394 e. The van der Waals surface area contributed by atoms with Gasteiger partial charge in [-0.15, -0.1) is 0 Å². The molecule has 4 nitrogen and oxygen atoms in total. The molecule has 2 N–H and O–H groups in total. The summed E-state index contributed by atoms with van der Waals surface area (Å²) in [6.07, 6.45) is 6.17. The minimum atomic E-state index is -0.0163. The van der Waals surface area contributed by atoms with Crippen LogP contribution in [0.25, 0.3) is 0 Å². The van der Waals surface area contributed by atoms with E-state index in [4.69, 9.17) is 4.74 Å². The lowest BCUT2D eigenvalue weighted by Crippen LogP contribution is -2.49. The minimum absolute atomic E-state index is 0.0163. The highest BCUT2D eigenvalue weighted by Crippen LogP contribution is 2.34. The van der Waals surface area contributed by atoms with Gasteiger partial charge in [0.05, 0.1) is 12.7 Å². The fourth-order valence-corrected chi connectivity index (χ4v) is 3.62. The second kappa shape index (κ2) is 6.33. The van der Waals surface area contributed by atoms with Gasteiger partial charge in [0.1, 0.15) is 0 Å². The van der Waals surface area contributed by atoms with Crippen molar-refractivity contribution < 1.29 is 9.84 Å². The third kappa shape index (κ3) is 3.05. The van der Waals surface area contributed by atoms with Gasteiger partial charge in [-0.2, -0.15) is 0 Å². The van der Waals surface area contributed by atoms with E-state index in [0.717, 1.165) is 45.3 Å². The number of hydrogen-bond donors (Lipinski definition) is 2. The normalized spacial score (nSPS) is 35.2. The van der Waals surface area contributed by atoms with E-state index in [1.807, 2.05) is 7.11 Å².